The molecule has 21 heavy (non-hydrogen) atoms. The summed E-state index contributed by atoms with van der Waals surface area (Å²) in [6.45, 7) is 4.19. The number of benzene rings is 1. The number of aromatic nitrogens is 3. The topological polar surface area (TPSA) is 87.9 Å². The molecule has 0 spiro atoms. The largest absolute Gasteiger partial charge is 0.364 e. The predicted molar refractivity (Wildman–Crippen MR) is 81.6 cm³/mol. The van der Waals surface area contributed by atoms with Crippen molar-refractivity contribution >= 4 is 5.91 Å². The highest BCUT2D eigenvalue weighted by molar-refractivity contribution is 5.96. The Morgan fingerprint density at radius 2 is 2.00 bits per heavy atom. The van der Waals surface area contributed by atoms with Crippen molar-refractivity contribution < 1.29 is 4.79 Å². The number of aromatic amines is 1. The van der Waals surface area contributed by atoms with E-state index in [1.165, 1.54) is 18.4 Å². The average molecular weight is 287 g/mol. The van der Waals surface area contributed by atoms with Gasteiger partial charge in [-0.3, -0.25) is 4.79 Å². The zero-order valence-corrected chi connectivity index (χ0v) is 12.5. The molecule has 2 rings (SSSR count). The molecule has 1 amide bonds. The molecule has 1 heterocycles. The second kappa shape index (κ2) is 6.99. The molecule has 6 nitrogen and oxygen atoms in total. The number of rotatable bonds is 7. The lowest BCUT2D eigenvalue weighted by Gasteiger charge is -2.16. The highest BCUT2D eigenvalue weighted by atomic mass is 16.1. The van der Waals surface area contributed by atoms with Crippen LogP contribution in [0.3, 0.4) is 0 Å². The summed E-state index contributed by atoms with van der Waals surface area (Å²) in [5.41, 5.74) is 7.99. The zero-order chi connectivity index (χ0) is 15.2. The van der Waals surface area contributed by atoms with Gasteiger partial charge >= 0.3 is 0 Å². The van der Waals surface area contributed by atoms with E-state index in [4.69, 9.17) is 5.73 Å². The van der Waals surface area contributed by atoms with Crippen molar-refractivity contribution in [3.63, 3.8) is 0 Å². The number of nitrogens with one attached hydrogen (secondary N) is 1. The van der Waals surface area contributed by atoms with E-state index in [1.54, 1.807) is 0 Å². The third kappa shape index (κ3) is 3.88. The number of amides is 1. The quantitative estimate of drug-likeness (QED) is 0.813. The number of hydrogen-bond acceptors (Lipinski definition) is 4. The van der Waals surface area contributed by atoms with Gasteiger partial charge in [0.05, 0.1) is 0 Å². The Bertz CT molecular complexity index is 590. The SMILES string of the molecule is CCCCN(C)Cc1ccc(-c2n[nH]nc2C(N)=O)cc1. The lowest BCUT2D eigenvalue weighted by atomic mass is 10.1. The van der Waals surface area contributed by atoms with E-state index in [1.807, 2.05) is 24.3 Å². The maximum absolute atomic E-state index is 11.3. The van der Waals surface area contributed by atoms with Crippen LogP contribution in [0.25, 0.3) is 11.3 Å². The molecule has 6 heteroatoms. The van der Waals surface area contributed by atoms with Gasteiger partial charge in [0, 0.05) is 12.1 Å². The fourth-order valence-corrected chi connectivity index (χ4v) is 2.19. The molecule has 0 radical (unpaired) electrons. The van der Waals surface area contributed by atoms with Gasteiger partial charge in [0.1, 0.15) is 5.69 Å². The minimum atomic E-state index is -0.581. The van der Waals surface area contributed by atoms with E-state index in [0.717, 1.165) is 18.7 Å². The van der Waals surface area contributed by atoms with E-state index >= 15 is 0 Å². The fourth-order valence-electron chi connectivity index (χ4n) is 2.19. The van der Waals surface area contributed by atoms with Crippen LogP contribution in [-0.2, 0) is 6.54 Å². The maximum atomic E-state index is 11.3. The number of carbonyl (C=O) groups excluding carboxylic acids is 1. The average Bonchev–Trinajstić information content (AvgIpc) is 2.95. The summed E-state index contributed by atoms with van der Waals surface area (Å²) in [7, 11) is 2.12. The predicted octanol–water partition coefficient (Wildman–Crippen LogP) is 1.80. The van der Waals surface area contributed by atoms with Crippen LogP contribution in [0, 0.1) is 0 Å². The Morgan fingerprint density at radius 1 is 1.29 bits per heavy atom. The van der Waals surface area contributed by atoms with Crippen LogP contribution in [0.1, 0.15) is 35.8 Å². The molecule has 0 fully saturated rings. The van der Waals surface area contributed by atoms with Gasteiger partial charge < -0.3 is 10.6 Å². The van der Waals surface area contributed by atoms with Crippen molar-refractivity contribution in [2.75, 3.05) is 13.6 Å². The third-order valence-corrected chi connectivity index (χ3v) is 3.35. The van der Waals surface area contributed by atoms with Crippen molar-refractivity contribution in [3.8, 4) is 11.3 Å². The van der Waals surface area contributed by atoms with Gasteiger partial charge in [-0.05, 0) is 25.6 Å². The van der Waals surface area contributed by atoms with Crippen molar-refractivity contribution in [2.24, 2.45) is 5.73 Å². The minimum Gasteiger partial charge on any atom is -0.364 e. The minimum absolute atomic E-state index is 0.169. The van der Waals surface area contributed by atoms with Gasteiger partial charge in [-0.2, -0.15) is 15.4 Å². The van der Waals surface area contributed by atoms with Crippen molar-refractivity contribution in [1.82, 2.24) is 20.3 Å². The van der Waals surface area contributed by atoms with Crippen molar-refractivity contribution in [2.45, 2.75) is 26.3 Å². The first-order chi connectivity index (χ1) is 10.1. The molecule has 3 N–H and O–H groups in total. The first kappa shape index (κ1) is 15.2. The molecule has 0 unspecified atom stereocenters. The number of nitrogens with two attached hydrogens (primary N) is 1. The molecule has 0 atom stereocenters. The van der Waals surface area contributed by atoms with Crippen LogP contribution in [0.15, 0.2) is 24.3 Å². The summed E-state index contributed by atoms with van der Waals surface area (Å²) in [5.74, 6) is -0.581. The number of unbranched alkanes of at least 4 members (excludes halogenated alkanes) is 1. The van der Waals surface area contributed by atoms with Crippen LogP contribution < -0.4 is 5.73 Å². The highest BCUT2D eigenvalue weighted by Crippen LogP contribution is 2.20. The van der Waals surface area contributed by atoms with Gasteiger partial charge in [0.25, 0.3) is 5.91 Å². The van der Waals surface area contributed by atoms with E-state index < -0.39 is 5.91 Å². The molecule has 0 bridgehead atoms. The van der Waals surface area contributed by atoms with Gasteiger partial charge in [-0.25, -0.2) is 0 Å². The monoisotopic (exact) mass is 287 g/mol. The standard InChI is InChI=1S/C15H21N5O/c1-3-4-9-20(2)10-11-5-7-12(8-6-11)13-14(15(16)21)18-19-17-13/h5-8H,3-4,9-10H2,1-2H3,(H2,16,21)(H,17,18,19). The van der Waals surface area contributed by atoms with Gasteiger partial charge in [-0.15, -0.1) is 0 Å². The molecule has 0 aliphatic heterocycles. The summed E-state index contributed by atoms with van der Waals surface area (Å²) >= 11 is 0. The van der Waals surface area contributed by atoms with Gasteiger partial charge in [0.2, 0.25) is 0 Å². The Kier molecular flexibility index (Phi) is 5.05. The number of hydrogen-bond donors (Lipinski definition) is 2. The lowest BCUT2D eigenvalue weighted by molar-refractivity contribution is 0.0996. The normalized spacial score (nSPS) is 11.0. The molecule has 2 aromatic rings. The number of carbonyl (C=O) groups is 1. The first-order valence-corrected chi connectivity index (χ1v) is 7.10. The summed E-state index contributed by atoms with van der Waals surface area (Å²) in [4.78, 5) is 13.6. The third-order valence-electron chi connectivity index (χ3n) is 3.35. The van der Waals surface area contributed by atoms with Crippen LogP contribution in [0.5, 0.6) is 0 Å². The van der Waals surface area contributed by atoms with Crippen LogP contribution in [0.4, 0.5) is 0 Å². The molecule has 0 saturated carbocycles. The van der Waals surface area contributed by atoms with E-state index in [0.29, 0.717) is 5.69 Å². The second-order valence-electron chi connectivity index (χ2n) is 5.17. The summed E-state index contributed by atoms with van der Waals surface area (Å²) in [5, 5.41) is 10.2. The van der Waals surface area contributed by atoms with Crippen molar-refractivity contribution in [3.05, 3.63) is 35.5 Å². The number of nitrogens with zero attached hydrogens (tertiary/aromatic N) is 3. The first-order valence-electron chi connectivity index (χ1n) is 7.10. The zero-order valence-electron chi connectivity index (χ0n) is 12.5. The Labute approximate surface area is 124 Å². The van der Waals surface area contributed by atoms with Crippen LogP contribution in [0.2, 0.25) is 0 Å². The van der Waals surface area contributed by atoms with Crippen LogP contribution in [-0.4, -0.2) is 39.8 Å². The Hall–Kier alpha value is -2.21. The summed E-state index contributed by atoms with van der Waals surface area (Å²) < 4.78 is 0. The molecular weight excluding hydrogens is 266 g/mol. The molecular formula is C15H21N5O. The number of H-pyrrole nitrogens is 1. The van der Waals surface area contributed by atoms with Gasteiger partial charge in [0.15, 0.2) is 5.69 Å². The summed E-state index contributed by atoms with van der Waals surface area (Å²) in [6, 6.07) is 7.95. The molecule has 1 aromatic carbocycles. The maximum Gasteiger partial charge on any atom is 0.271 e. The molecule has 1 aromatic heterocycles. The van der Waals surface area contributed by atoms with Crippen molar-refractivity contribution in [1.29, 1.82) is 0 Å². The molecule has 112 valence electrons. The highest BCUT2D eigenvalue weighted by Gasteiger charge is 2.14. The van der Waals surface area contributed by atoms with Gasteiger partial charge in [-0.1, -0.05) is 37.6 Å². The summed E-state index contributed by atoms with van der Waals surface area (Å²) in [6.07, 6.45) is 2.40. The smallest absolute Gasteiger partial charge is 0.271 e. The van der Waals surface area contributed by atoms with E-state index in [-0.39, 0.29) is 5.69 Å². The second-order valence-corrected chi connectivity index (χ2v) is 5.17. The van der Waals surface area contributed by atoms with E-state index in [2.05, 4.69) is 34.3 Å². The Morgan fingerprint density at radius 3 is 2.62 bits per heavy atom. The molecule has 0 saturated heterocycles. The molecule has 0 aliphatic rings. The molecule has 0 aliphatic carbocycles. The fraction of sp³-hybridized carbons (Fsp3) is 0.400. The number of primary amides is 1. The Balaban J connectivity index is 2.08. The van der Waals surface area contributed by atoms with Crippen LogP contribution >= 0.6 is 0 Å². The van der Waals surface area contributed by atoms with E-state index in [9.17, 15) is 4.79 Å². The lowest BCUT2D eigenvalue weighted by Crippen LogP contribution is -2.18.